The van der Waals surface area contributed by atoms with Crippen molar-refractivity contribution in [2.45, 2.75) is 64.7 Å². The van der Waals surface area contributed by atoms with Crippen LogP contribution >= 0.6 is 0 Å². The number of carbonyl (C=O) groups excluding carboxylic acids is 2. The molecule has 2 saturated carbocycles. The van der Waals surface area contributed by atoms with E-state index in [-0.39, 0.29) is 30.8 Å². The average Bonchev–Trinajstić information content (AvgIpc) is 2.99. The fourth-order valence-electron chi connectivity index (χ4n) is 7.28. The second kappa shape index (κ2) is 13.2. The van der Waals surface area contributed by atoms with Crippen LogP contribution in [0.2, 0.25) is 0 Å². The zero-order chi connectivity index (χ0) is 30.5. The van der Waals surface area contributed by atoms with Crippen LogP contribution in [0, 0.1) is 22.7 Å². The minimum absolute atomic E-state index is 0.0713. The number of hydrogen-bond acceptors (Lipinski definition) is 8. The maximum Gasteiger partial charge on any atom is 0.411 e. The molecule has 42 heavy (non-hydrogen) atoms. The first-order valence-electron chi connectivity index (χ1n) is 14.5. The second-order valence-corrected chi connectivity index (χ2v) is 11.9. The molecule has 2 amide bonds. The van der Waals surface area contributed by atoms with E-state index in [4.69, 9.17) is 18.9 Å². The Hall–Kier alpha value is -3.50. The van der Waals surface area contributed by atoms with Crippen molar-refractivity contribution in [3.8, 4) is 17.2 Å². The molecule has 0 radical (unpaired) electrons. The van der Waals surface area contributed by atoms with Crippen LogP contribution in [0.3, 0.4) is 0 Å². The number of aliphatic hydroxyl groups is 2. The van der Waals surface area contributed by atoms with Crippen LogP contribution in [0.4, 0.5) is 10.5 Å². The Kier molecular flexibility index (Phi) is 9.89. The van der Waals surface area contributed by atoms with Crippen molar-refractivity contribution in [1.29, 1.82) is 0 Å². The van der Waals surface area contributed by atoms with Crippen molar-refractivity contribution in [2.75, 3.05) is 33.3 Å². The number of benzene rings is 2. The van der Waals surface area contributed by atoms with Crippen LogP contribution in [0.25, 0.3) is 0 Å². The number of nitrogens with one attached hydrogen (secondary N) is 2. The van der Waals surface area contributed by atoms with E-state index in [9.17, 15) is 19.8 Å². The molecule has 2 aromatic rings. The second-order valence-electron chi connectivity index (χ2n) is 11.9. The van der Waals surface area contributed by atoms with Crippen LogP contribution < -0.4 is 24.8 Å². The van der Waals surface area contributed by atoms with Gasteiger partial charge in [0.15, 0.2) is 11.5 Å². The molecule has 4 N–H and O–H groups in total. The molecule has 2 aliphatic carbocycles. The Morgan fingerprint density at radius 3 is 2.24 bits per heavy atom. The monoisotopic (exact) mass is 584 g/mol. The number of methoxy groups -OCH3 is 3. The molecule has 0 heterocycles. The van der Waals surface area contributed by atoms with Crippen LogP contribution in [-0.2, 0) is 16.1 Å². The van der Waals surface area contributed by atoms with Gasteiger partial charge in [-0.3, -0.25) is 10.1 Å². The van der Waals surface area contributed by atoms with Gasteiger partial charge in [0.05, 0.1) is 39.7 Å². The Balaban J connectivity index is 1.47. The van der Waals surface area contributed by atoms with Gasteiger partial charge in [-0.05, 0) is 48.5 Å². The molecule has 0 saturated heterocycles. The molecule has 10 heteroatoms. The van der Waals surface area contributed by atoms with Gasteiger partial charge < -0.3 is 34.5 Å². The van der Waals surface area contributed by atoms with E-state index in [0.29, 0.717) is 55.2 Å². The van der Waals surface area contributed by atoms with E-state index in [1.165, 1.54) is 21.3 Å². The van der Waals surface area contributed by atoms with Gasteiger partial charge in [0.1, 0.15) is 6.10 Å². The van der Waals surface area contributed by atoms with Crippen LogP contribution in [-0.4, -0.2) is 62.4 Å². The molecule has 2 fully saturated rings. The molecule has 0 aromatic heterocycles. The maximum atomic E-state index is 13.1. The highest BCUT2D eigenvalue weighted by atomic mass is 16.6. The summed E-state index contributed by atoms with van der Waals surface area (Å²) in [6, 6.07) is 12.9. The van der Waals surface area contributed by atoms with Crippen molar-refractivity contribution < 1.29 is 38.7 Å². The first-order chi connectivity index (χ1) is 20.1. The quantitative estimate of drug-likeness (QED) is 0.320. The lowest BCUT2D eigenvalue weighted by Gasteiger charge is -2.60. The first-order valence-corrected chi connectivity index (χ1v) is 14.5. The van der Waals surface area contributed by atoms with Gasteiger partial charge >= 0.3 is 6.09 Å². The Labute approximate surface area is 247 Å². The average molecular weight is 585 g/mol. The van der Waals surface area contributed by atoms with Gasteiger partial charge in [0.25, 0.3) is 0 Å². The predicted molar refractivity (Wildman–Crippen MR) is 158 cm³/mol. The molecular formula is C32H44N2O8. The predicted octanol–water partition coefficient (Wildman–Crippen LogP) is 4.52. The third-order valence-corrected chi connectivity index (χ3v) is 9.57. The first kappa shape index (κ1) is 31.4. The Morgan fingerprint density at radius 1 is 0.976 bits per heavy atom. The molecule has 6 atom stereocenters. The number of hydrogen-bond donors (Lipinski definition) is 4. The lowest BCUT2D eigenvalue weighted by molar-refractivity contribution is -0.185. The number of anilines is 1. The lowest BCUT2D eigenvalue weighted by atomic mass is 9.46. The topological polar surface area (TPSA) is 136 Å². The van der Waals surface area contributed by atoms with E-state index in [0.717, 1.165) is 5.56 Å². The summed E-state index contributed by atoms with van der Waals surface area (Å²) < 4.78 is 22.1. The standard InChI is InChI=1S/C32H44N2O8/c1-31-14-13-27(42-30(38)34-21-15-24(39-3)29(41-5)25(16-21)40-4)32(2,19-35)26(31)12-11-23(36)22(31)17-28(37)33-18-20-9-7-6-8-10-20/h6-10,15-16,22-23,26-27,35-36H,11-14,17-19H2,1-5H3,(H,33,37)(H,34,38)/t22-,23-,26-,27-,31+,32+/m1/s1. The van der Waals surface area contributed by atoms with E-state index in [1.54, 1.807) is 12.1 Å². The number of carbonyl (C=O) groups is 2. The lowest BCUT2D eigenvalue weighted by Crippen LogP contribution is -2.61. The van der Waals surface area contributed by atoms with Gasteiger partial charge in [-0.25, -0.2) is 4.79 Å². The van der Waals surface area contributed by atoms with Crippen molar-refractivity contribution >= 4 is 17.7 Å². The maximum absolute atomic E-state index is 13.1. The minimum Gasteiger partial charge on any atom is -0.493 e. The summed E-state index contributed by atoms with van der Waals surface area (Å²) in [5, 5.41) is 27.5. The largest absolute Gasteiger partial charge is 0.493 e. The number of rotatable bonds is 10. The van der Waals surface area contributed by atoms with Gasteiger partial charge in [-0.1, -0.05) is 44.2 Å². The third-order valence-electron chi connectivity index (χ3n) is 9.57. The molecule has 0 aliphatic heterocycles. The molecule has 4 rings (SSSR count). The zero-order valence-corrected chi connectivity index (χ0v) is 25.1. The summed E-state index contributed by atoms with van der Waals surface area (Å²) >= 11 is 0. The van der Waals surface area contributed by atoms with Crippen molar-refractivity contribution in [3.63, 3.8) is 0 Å². The van der Waals surface area contributed by atoms with Gasteiger partial charge in [0, 0.05) is 30.5 Å². The van der Waals surface area contributed by atoms with E-state index < -0.39 is 29.1 Å². The summed E-state index contributed by atoms with van der Waals surface area (Å²) in [6.07, 6.45) is 0.635. The fourth-order valence-corrected chi connectivity index (χ4v) is 7.28. The van der Waals surface area contributed by atoms with Gasteiger partial charge in [0.2, 0.25) is 11.7 Å². The fraction of sp³-hybridized carbons (Fsp3) is 0.562. The van der Waals surface area contributed by atoms with Crippen LogP contribution in [0.1, 0.15) is 51.5 Å². The molecule has 2 aromatic carbocycles. The molecular weight excluding hydrogens is 540 g/mol. The molecule has 230 valence electrons. The summed E-state index contributed by atoms with van der Waals surface area (Å²) in [6.45, 7) is 4.28. The molecule has 0 bridgehead atoms. The number of aliphatic hydroxyl groups excluding tert-OH is 2. The van der Waals surface area contributed by atoms with E-state index >= 15 is 0 Å². The van der Waals surface area contributed by atoms with Crippen molar-refractivity contribution in [3.05, 3.63) is 48.0 Å². The third kappa shape index (κ3) is 6.29. The number of amides is 2. The highest BCUT2D eigenvalue weighted by Gasteiger charge is 2.60. The van der Waals surface area contributed by atoms with Gasteiger partial charge in [-0.2, -0.15) is 0 Å². The van der Waals surface area contributed by atoms with Crippen molar-refractivity contribution in [1.82, 2.24) is 5.32 Å². The summed E-state index contributed by atoms with van der Waals surface area (Å²) in [4.78, 5) is 26.1. The molecule has 10 nitrogen and oxygen atoms in total. The van der Waals surface area contributed by atoms with Crippen LogP contribution in [0.15, 0.2) is 42.5 Å². The molecule has 2 aliphatic rings. The molecule has 0 unspecified atom stereocenters. The van der Waals surface area contributed by atoms with Crippen molar-refractivity contribution in [2.24, 2.45) is 22.7 Å². The Morgan fingerprint density at radius 2 is 1.64 bits per heavy atom. The summed E-state index contributed by atoms with van der Waals surface area (Å²) in [5.41, 5.74) is 0.225. The highest BCUT2D eigenvalue weighted by molar-refractivity contribution is 5.86. The van der Waals surface area contributed by atoms with Gasteiger partial charge in [-0.15, -0.1) is 0 Å². The zero-order valence-electron chi connectivity index (χ0n) is 25.1. The number of ether oxygens (including phenoxy) is 4. The smallest absolute Gasteiger partial charge is 0.411 e. The van der Waals surface area contributed by atoms with E-state index in [2.05, 4.69) is 17.6 Å². The van der Waals surface area contributed by atoms with E-state index in [1.807, 2.05) is 37.3 Å². The normalized spacial score (nSPS) is 28.6. The summed E-state index contributed by atoms with van der Waals surface area (Å²) in [5.74, 6) is 0.713. The van der Waals surface area contributed by atoms with Crippen LogP contribution in [0.5, 0.6) is 17.2 Å². The number of fused-ring (bicyclic) bond motifs is 1. The SMILES string of the molecule is COc1cc(NC(=O)O[C@@H]2CC[C@]3(C)[C@@H](CC[C@@H](O)[C@H]3CC(=O)NCc3ccccc3)[C@]2(C)CO)cc(OC)c1OC. The minimum atomic E-state index is -0.765. The molecule has 0 spiro atoms. The highest BCUT2D eigenvalue weighted by Crippen LogP contribution is 2.61. The summed E-state index contributed by atoms with van der Waals surface area (Å²) in [7, 11) is 4.49. The Bertz CT molecular complexity index is 1220.